The molecule has 4 nitrogen and oxygen atoms in total. The van der Waals surface area contributed by atoms with E-state index in [4.69, 9.17) is 4.74 Å². The molecule has 2 heterocycles. The van der Waals surface area contributed by atoms with Gasteiger partial charge in [0.05, 0.1) is 18.3 Å². The summed E-state index contributed by atoms with van der Waals surface area (Å²) in [7, 11) is 0. The molecular formula is C10H9BrN2O2. The van der Waals surface area contributed by atoms with Gasteiger partial charge in [-0.05, 0) is 35.0 Å². The van der Waals surface area contributed by atoms with E-state index in [1.165, 1.54) is 0 Å². The Labute approximate surface area is 95.0 Å². The van der Waals surface area contributed by atoms with Crippen LogP contribution in [0.25, 0.3) is 5.52 Å². The molecule has 2 aromatic rings. The highest BCUT2D eigenvalue weighted by Crippen LogP contribution is 2.14. The van der Waals surface area contributed by atoms with Crippen LogP contribution in [-0.4, -0.2) is 22.0 Å². The lowest BCUT2D eigenvalue weighted by molar-refractivity contribution is 0.0511. The Balaban J connectivity index is 2.52. The number of carbonyl (C=O) groups excluding carboxylic acids is 1. The van der Waals surface area contributed by atoms with Gasteiger partial charge in [0.1, 0.15) is 0 Å². The van der Waals surface area contributed by atoms with Gasteiger partial charge in [-0.25, -0.2) is 9.78 Å². The summed E-state index contributed by atoms with van der Waals surface area (Å²) in [6, 6.07) is 3.77. The molecule has 0 aromatic carbocycles. The Kier molecular flexibility index (Phi) is 2.73. The first-order valence-electron chi connectivity index (χ1n) is 4.52. The molecule has 0 aliphatic carbocycles. The van der Waals surface area contributed by atoms with E-state index in [2.05, 4.69) is 20.9 Å². The van der Waals surface area contributed by atoms with Crippen molar-refractivity contribution in [3.8, 4) is 0 Å². The molecule has 0 saturated carbocycles. The van der Waals surface area contributed by atoms with E-state index in [-0.39, 0.29) is 0 Å². The van der Waals surface area contributed by atoms with Gasteiger partial charge < -0.3 is 4.74 Å². The lowest BCUT2D eigenvalue weighted by Gasteiger charge is -2.01. The third-order valence-corrected chi connectivity index (χ3v) is 2.42. The van der Waals surface area contributed by atoms with Crippen molar-refractivity contribution in [1.29, 1.82) is 0 Å². The van der Waals surface area contributed by atoms with Crippen molar-refractivity contribution in [1.82, 2.24) is 9.38 Å². The third kappa shape index (κ3) is 1.87. The topological polar surface area (TPSA) is 43.6 Å². The molecule has 0 aliphatic rings. The highest BCUT2D eigenvalue weighted by atomic mass is 79.9. The fourth-order valence-corrected chi connectivity index (χ4v) is 1.65. The van der Waals surface area contributed by atoms with Crippen LogP contribution in [0, 0.1) is 0 Å². The average molecular weight is 269 g/mol. The second-order valence-corrected chi connectivity index (χ2v) is 3.86. The van der Waals surface area contributed by atoms with Crippen LogP contribution < -0.4 is 0 Å². The normalized spacial score (nSPS) is 10.5. The molecule has 0 amide bonds. The number of hydrogen-bond acceptors (Lipinski definition) is 3. The van der Waals surface area contributed by atoms with Crippen LogP contribution in [0.4, 0.5) is 0 Å². The molecule has 0 aliphatic heterocycles. The maximum atomic E-state index is 11.5. The van der Waals surface area contributed by atoms with E-state index in [0.29, 0.717) is 12.4 Å². The molecule has 0 radical (unpaired) electrons. The van der Waals surface area contributed by atoms with Crippen LogP contribution in [0.1, 0.15) is 17.5 Å². The van der Waals surface area contributed by atoms with Crippen molar-refractivity contribution in [3.63, 3.8) is 0 Å². The molecule has 0 bridgehead atoms. The summed E-state index contributed by atoms with van der Waals surface area (Å²) < 4.78 is 7.48. The Morgan fingerprint density at radius 2 is 2.40 bits per heavy atom. The standard InChI is InChI=1S/C10H9BrN2O2/c1-2-15-10(14)9-12-5-8-4-3-7(11)6-13(8)9/h3-6H,2H2,1H3. The maximum Gasteiger partial charge on any atom is 0.374 e. The quantitative estimate of drug-likeness (QED) is 0.785. The fraction of sp³-hybridized carbons (Fsp3) is 0.200. The number of halogens is 1. The molecular weight excluding hydrogens is 260 g/mol. The van der Waals surface area contributed by atoms with Gasteiger partial charge in [0.15, 0.2) is 0 Å². The molecule has 15 heavy (non-hydrogen) atoms. The Bertz CT molecular complexity index is 507. The number of fused-ring (bicyclic) bond motifs is 1. The Morgan fingerprint density at radius 1 is 1.60 bits per heavy atom. The summed E-state index contributed by atoms with van der Waals surface area (Å²) in [5.41, 5.74) is 0.862. The molecule has 0 spiro atoms. The van der Waals surface area contributed by atoms with Gasteiger partial charge in [0, 0.05) is 10.7 Å². The van der Waals surface area contributed by atoms with Crippen molar-refractivity contribution < 1.29 is 9.53 Å². The third-order valence-electron chi connectivity index (χ3n) is 1.95. The lowest BCUT2D eigenvalue weighted by atomic mass is 10.4. The minimum Gasteiger partial charge on any atom is -0.460 e. The molecule has 0 saturated heterocycles. The Hall–Kier alpha value is -1.36. The predicted molar refractivity (Wildman–Crippen MR) is 58.8 cm³/mol. The monoisotopic (exact) mass is 268 g/mol. The number of pyridine rings is 1. The largest absolute Gasteiger partial charge is 0.460 e. The molecule has 78 valence electrons. The van der Waals surface area contributed by atoms with Crippen molar-refractivity contribution in [2.24, 2.45) is 0 Å². The van der Waals surface area contributed by atoms with Crippen LogP contribution in [0.2, 0.25) is 0 Å². The first-order valence-corrected chi connectivity index (χ1v) is 5.31. The summed E-state index contributed by atoms with van der Waals surface area (Å²) >= 11 is 3.34. The number of ether oxygens (including phenoxy) is 1. The van der Waals surface area contributed by atoms with Crippen LogP contribution in [0.15, 0.2) is 29.0 Å². The second-order valence-electron chi connectivity index (χ2n) is 2.94. The van der Waals surface area contributed by atoms with Crippen molar-refractivity contribution >= 4 is 27.4 Å². The molecule has 0 fully saturated rings. The van der Waals surface area contributed by atoms with Crippen molar-refractivity contribution in [2.45, 2.75) is 6.92 Å². The highest BCUT2D eigenvalue weighted by Gasteiger charge is 2.13. The van der Waals surface area contributed by atoms with E-state index in [1.807, 2.05) is 12.1 Å². The van der Waals surface area contributed by atoms with Gasteiger partial charge in [-0.1, -0.05) is 0 Å². The van der Waals surface area contributed by atoms with E-state index >= 15 is 0 Å². The number of carbonyl (C=O) groups is 1. The molecule has 5 heteroatoms. The molecule has 0 atom stereocenters. The van der Waals surface area contributed by atoms with E-state index < -0.39 is 5.97 Å². The minimum absolute atomic E-state index is 0.299. The van der Waals surface area contributed by atoms with Crippen LogP contribution in [-0.2, 0) is 4.74 Å². The SMILES string of the molecule is CCOC(=O)c1ncc2ccc(Br)cn12. The number of rotatable bonds is 2. The Morgan fingerprint density at radius 3 is 3.13 bits per heavy atom. The van der Waals surface area contributed by atoms with E-state index in [1.54, 1.807) is 23.7 Å². The van der Waals surface area contributed by atoms with Gasteiger partial charge >= 0.3 is 5.97 Å². The first-order chi connectivity index (χ1) is 7.22. The van der Waals surface area contributed by atoms with Gasteiger partial charge in [-0.2, -0.15) is 0 Å². The zero-order valence-corrected chi connectivity index (χ0v) is 9.69. The predicted octanol–water partition coefficient (Wildman–Crippen LogP) is 2.27. The molecule has 0 unspecified atom stereocenters. The number of hydrogen-bond donors (Lipinski definition) is 0. The van der Waals surface area contributed by atoms with Crippen molar-refractivity contribution in [2.75, 3.05) is 6.61 Å². The van der Waals surface area contributed by atoms with Crippen LogP contribution in [0.5, 0.6) is 0 Å². The average Bonchev–Trinajstić information content (AvgIpc) is 2.60. The van der Waals surface area contributed by atoms with Gasteiger partial charge in [0.25, 0.3) is 0 Å². The molecule has 2 rings (SSSR count). The van der Waals surface area contributed by atoms with E-state index in [0.717, 1.165) is 9.99 Å². The molecule has 0 N–H and O–H groups in total. The summed E-state index contributed by atoms with van der Waals surface area (Å²) in [4.78, 5) is 15.5. The zero-order valence-electron chi connectivity index (χ0n) is 8.11. The number of esters is 1. The summed E-state index contributed by atoms with van der Waals surface area (Å²) in [6.45, 7) is 2.12. The molecule has 2 aromatic heterocycles. The first kappa shape index (κ1) is 10.2. The van der Waals surface area contributed by atoms with Gasteiger partial charge in [-0.15, -0.1) is 0 Å². The smallest absolute Gasteiger partial charge is 0.374 e. The van der Waals surface area contributed by atoms with Crippen molar-refractivity contribution in [3.05, 3.63) is 34.8 Å². The minimum atomic E-state index is -0.407. The number of aromatic nitrogens is 2. The summed E-state index contributed by atoms with van der Waals surface area (Å²) in [5.74, 6) is -0.108. The van der Waals surface area contributed by atoms with Gasteiger partial charge in [0.2, 0.25) is 5.82 Å². The van der Waals surface area contributed by atoms with E-state index in [9.17, 15) is 4.79 Å². The second kappa shape index (κ2) is 4.02. The highest BCUT2D eigenvalue weighted by molar-refractivity contribution is 9.10. The fourth-order valence-electron chi connectivity index (χ4n) is 1.31. The maximum absolute atomic E-state index is 11.5. The van der Waals surface area contributed by atoms with Crippen LogP contribution >= 0.6 is 15.9 Å². The number of imidazole rings is 1. The zero-order chi connectivity index (χ0) is 10.8. The van der Waals surface area contributed by atoms with Crippen LogP contribution in [0.3, 0.4) is 0 Å². The lowest BCUT2D eigenvalue weighted by Crippen LogP contribution is -2.09. The number of nitrogens with zero attached hydrogens (tertiary/aromatic N) is 2. The summed E-state index contributed by atoms with van der Waals surface area (Å²) in [6.07, 6.45) is 3.42. The summed E-state index contributed by atoms with van der Waals surface area (Å²) in [5, 5.41) is 0. The van der Waals surface area contributed by atoms with Gasteiger partial charge in [-0.3, -0.25) is 4.40 Å².